The third-order valence-electron chi connectivity index (χ3n) is 4.59. The Morgan fingerprint density at radius 2 is 1.62 bits per heavy atom. The van der Waals surface area contributed by atoms with Crippen LogP contribution in [0, 0.1) is 0 Å². The fourth-order valence-corrected chi connectivity index (χ4v) is 2.93. The molecule has 32 heavy (non-hydrogen) atoms. The highest BCUT2D eigenvalue weighted by atomic mass is 16.5. The molecule has 1 aromatic heterocycles. The number of methoxy groups -OCH3 is 3. The van der Waals surface area contributed by atoms with Gasteiger partial charge in [0.05, 0.1) is 33.6 Å². The lowest BCUT2D eigenvalue weighted by Crippen LogP contribution is -2.35. The first-order chi connectivity index (χ1) is 15.5. The smallest absolute Gasteiger partial charge is 0.267 e. The van der Waals surface area contributed by atoms with Crippen LogP contribution in [0.1, 0.15) is 0 Å². The largest absolute Gasteiger partial charge is 0.497 e. The predicted molar refractivity (Wildman–Crippen MR) is 119 cm³/mol. The van der Waals surface area contributed by atoms with E-state index in [0.717, 1.165) is 16.0 Å². The van der Waals surface area contributed by atoms with Gasteiger partial charge in [-0.3, -0.25) is 9.59 Å². The van der Waals surface area contributed by atoms with E-state index < -0.39 is 0 Å². The highest BCUT2D eigenvalue weighted by molar-refractivity contribution is 5.75. The van der Waals surface area contributed by atoms with Gasteiger partial charge in [0.15, 0.2) is 11.5 Å². The van der Waals surface area contributed by atoms with Crippen molar-refractivity contribution in [3.8, 4) is 34.3 Å². The summed E-state index contributed by atoms with van der Waals surface area (Å²) >= 11 is 0. The number of amides is 1. The van der Waals surface area contributed by atoms with Crippen molar-refractivity contribution in [3.63, 3.8) is 0 Å². The van der Waals surface area contributed by atoms with Gasteiger partial charge >= 0.3 is 0 Å². The van der Waals surface area contributed by atoms with Gasteiger partial charge in [0.1, 0.15) is 24.7 Å². The van der Waals surface area contributed by atoms with Crippen molar-refractivity contribution in [2.75, 3.05) is 34.5 Å². The molecular formula is C23H25N3O6. The van der Waals surface area contributed by atoms with E-state index in [1.165, 1.54) is 6.07 Å². The molecule has 168 valence electrons. The molecule has 0 radical (unpaired) electrons. The van der Waals surface area contributed by atoms with Crippen LogP contribution in [0.25, 0.3) is 11.3 Å². The minimum Gasteiger partial charge on any atom is -0.497 e. The molecular weight excluding hydrogens is 414 g/mol. The number of carbonyl (C=O) groups excluding carboxylic acids is 1. The fourth-order valence-electron chi connectivity index (χ4n) is 2.93. The summed E-state index contributed by atoms with van der Waals surface area (Å²) in [4.78, 5) is 24.4. The summed E-state index contributed by atoms with van der Waals surface area (Å²) in [6.07, 6.45) is 0. The first kappa shape index (κ1) is 22.7. The number of nitrogens with one attached hydrogen (secondary N) is 1. The molecule has 0 spiro atoms. The molecule has 0 aliphatic rings. The molecule has 0 fully saturated rings. The van der Waals surface area contributed by atoms with E-state index >= 15 is 0 Å². The quantitative estimate of drug-likeness (QED) is 0.483. The Balaban J connectivity index is 1.58. The molecule has 0 saturated heterocycles. The zero-order valence-electron chi connectivity index (χ0n) is 18.2. The molecule has 0 aliphatic heterocycles. The Kier molecular flexibility index (Phi) is 7.69. The van der Waals surface area contributed by atoms with Crippen molar-refractivity contribution in [2.45, 2.75) is 6.54 Å². The lowest BCUT2D eigenvalue weighted by atomic mass is 10.1. The van der Waals surface area contributed by atoms with Gasteiger partial charge in [-0.05, 0) is 48.5 Å². The molecule has 0 bridgehead atoms. The molecule has 3 rings (SSSR count). The monoisotopic (exact) mass is 439 g/mol. The normalized spacial score (nSPS) is 10.3. The summed E-state index contributed by atoms with van der Waals surface area (Å²) in [5, 5.41) is 7.03. The standard InChI is InChI=1S/C23H25N3O6/c1-29-17-5-7-18(8-6-17)32-13-12-24-22(27)15-26-23(28)11-9-19(25-26)16-4-10-20(30-2)21(14-16)31-3/h4-11,14H,12-13,15H2,1-3H3,(H,24,27). The van der Waals surface area contributed by atoms with Crippen molar-refractivity contribution < 1.29 is 23.7 Å². The van der Waals surface area contributed by atoms with Crippen molar-refractivity contribution >= 4 is 5.91 Å². The molecule has 9 nitrogen and oxygen atoms in total. The molecule has 0 unspecified atom stereocenters. The molecule has 1 N–H and O–H groups in total. The van der Waals surface area contributed by atoms with Crippen LogP contribution in [0.3, 0.4) is 0 Å². The Labute approximate surface area is 185 Å². The first-order valence-electron chi connectivity index (χ1n) is 9.88. The zero-order chi connectivity index (χ0) is 22.9. The van der Waals surface area contributed by atoms with Crippen LogP contribution in [-0.4, -0.2) is 50.2 Å². The summed E-state index contributed by atoms with van der Waals surface area (Å²) in [5.41, 5.74) is 0.879. The lowest BCUT2D eigenvalue weighted by Gasteiger charge is -2.11. The second-order valence-corrected chi connectivity index (χ2v) is 6.66. The van der Waals surface area contributed by atoms with Crippen molar-refractivity contribution in [1.29, 1.82) is 0 Å². The Morgan fingerprint density at radius 3 is 2.31 bits per heavy atom. The van der Waals surface area contributed by atoms with Crippen molar-refractivity contribution in [2.24, 2.45) is 0 Å². The molecule has 9 heteroatoms. The van der Waals surface area contributed by atoms with Gasteiger partial charge in [0.25, 0.3) is 5.56 Å². The first-order valence-corrected chi connectivity index (χ1v) is 9.88. The van der Waals surface area contributed by atoms with E-state index in [-0.39, 0.29) is 31.2 Å². The fraction of sp³-hybridized carbons (Fsp3) is 0.261. The van der Waals surface area contributed by atoms with Crippen LogP contribution in [0.5, 0.6) is 23.0 Å². The number of benzene rings is 2. The maximum Gasteiger partial charge on any atom is 0.267 e. The van der Waals surface area contributed by atoms with Crippen LogP contribution < -0.4 is 29.8 Å². The highest BCUT2D eigenvalue weighted by Gasteiger charge is 2.11. The van der Waals surface area contributed by atoms with E-state index in [0.29, 0.717) is 22.9 Å². The minimum absolute atomic E-state index is 0.206. The topological polar surface area (TPSA) is 101 Å². The second kappa shape index (κ2) is 10.9. The van der Waals surface area contributed by atoms with Gasteiger partial charge in [-0.25, -0.2) is 4.68 Å². The number of aromatic nitrogens is 2. The van der Waals surface area contributed by atoms with Crippen LogP contribution >= 0.6 is 0 Å². The summed E-state index contributed by atoms with van der Waals surface area (Å²) in [5.74, 6) is 2.18. The number of nitrogens with zero attached hydrogens (tertiary/aromatic N) is 2. The van der Waals surface area contributed by atoms with E-state index in [4.69, 9.17) is 18.9 Å². The summed E-state index contributed by atoms with van der Waals surface area (Å²) in [6, 6.07) is 15.4. The molecule has 0 atom stereocenters. The third kappa shape index (κ3) is 5.78. The van der Waals surface area contributed by atoms with Gasteiger partial charge < -0.3 is 24.3 Å². The molecule has 1 heterocycles. The molecule has 3 aromatic rings. The molecule has 2 aromatic carbocycles. The Bertz CT molecular complexity index is 1110. The Morgan fingerprint density at radius 1 is 0.906 bits per heavy atom. The number of hydrogen-bond acceptors (Lipinski definition) is 7. The summed E-state index contributed by atoms with van der Waals surface area (Å²) in [7, 11) is 4.68. The summed E-state index contributed by atoms with van der Waals surface area (Å²) < 4.78 is 22.3. The van der Waals surface area contributed by atoms with Gasteiger partial charge in [0.2, 0.25) is 5.91 Å². The van der Waals surface area contributed by atoms with Crippen molar-refractivity contribution in [1.82, 2.24) is 15.1 Å². The number of rotatable bonds is 10. The minimum atomic E-state index is -0.376. The van der Waals surface area contributed by atoms with E-state index in [9.17, 15) is 9.59 Å². The molecule has 0 saturated carbocycles. The maximum atomic E-state index is 12.3. The van der Waals surface area contributed by atoms with E-state index in [2.05, 4.69) is 10.4 Å². The highest BCUT2D eigenvalue weighted by Crippen LogP contribution is 2.31. The SMILES string of the molecule is COc1ccc(OCCNC(=O)Cn2nc(-c3ccc(OC)c(OC)c3)ccc2=O)cc1. The van der Waals surface area contributed by atoms with Crippen LogP contribution in [0.15, 0.2) is 59.4 Å². The van der Waals surface area contributed by atoms with E-state index in [1.807, 2.05) is 0 Å². The van der Waals surface area contributed by atoms with Crippen LogP contribution in [0.4, 0.5) is 0 Å². The van der Waals surface area contributed by atoms with Gasteiger partial charge in [-0.15, -0.1) is 0 Å². The number of ether oxygens (including phenoxy) is 4. The van der Waals surface area contributed by atoms with Gasteiger partial charge in [-0.2, -0.15) is 5.10 Å². The number of carbonyl (C=O) groups is 1. The predicted octanol–water partition coefficient (Wildman–Crippen LogP) is 2.13. The maximum absolute atomic E-state index is 12.3. The van der Waals surface area contributed by atoms with Crippen LogP contribution in [0.2, 0.25) is 0 Å². The zero-order valence-corrected chi connectivity index (χ0v) is 18.2. The van der Waals surface area contributed by atoms with Crippen molar-refractivity contribution in [3.05, 3.63) is 65.0 Å². The lowest BCUT2D eigenvalue weighted by molar-refractivity contribution is -0.122. The Hall–Kier alpha value is -4.01. The third-order valence-corrected chi connectivity index (χ3v) is 4.59. The summed E-state index contributed by atoms with van der Waals surface area (Å²) in [6.45, 7) is 0.365. The van der Waals surface area contributed by atoms with Gasteiger partial charge in [-0.1, -0.05) is 0 Å². The molecule has 0 aliphatic carbocycles. The van der Waals surface area contributed by atoms with Gasteiger partial charge in [0, 0.05) is 11.6 Å². The van der Waals surface area contributed by atoms with Crippen LogP contribution in [-0.2, 0) is 11.3 Å². The average Bonchev–Trinajstić information content (AvgIpc) is 2.83. The second-order valence-electron chi connectivity index (χ2n) is 6.66. The number of hydrogen-bond donors (Lipinski definition) is 1. The average molecular weight is 439 g/mol. The van der Waals surface area contributed by atoms with E-state index in [1.54, 1.807) is 69.9 Å². The molecule has 1 amide bonds.